The van der Waals surface area contributed by atoms with Gasteiger partial charge in [-0.25, -0.2) is 9.97 Å². The molecule has 1 aliphatic rings. The summed E-state index contributed by atoms with van der Waals surface area (Å²) in [5.41, 5.74) is 9.69. The van der Waals surface area contributed by atoms with Crippen LogP contribution < -0.4 is 11.1 Å². The Morgan fingerprint density at radius 2 is 1.72 bits per heavy atom. The highest BCUT2D eigenvalue weighted by Gasteiger charge is 2.23. The number of nitrogens with one attached hydrogen (secondary N) is 1. The van der Waals surface area contributed by atoms with Crippen LogP contribution in [0.5, 0.6) is 0 Å². The smallest absolute Gasteiger partial charge is 0.154 e. The minimum atomic E-state index is 0. The van der Waals surface area contributed by atoms with E-state index in [2.05, 4.69) is 37.4 Å². The minimum Gasteiger partial charge on any atom is -0.365 e. The predicted molar refractivity (Wildman–Crippen MR) is 142 cm³/mol. The minimum absolute atomic E-state index is 0. The molecule has 0 bridgehead atoms. The van der Waals surface area contributed by atoms with Gasteiger partial charge >= 0.3 is 0 Å². The molecule has 2 aromatic carbocycles. The number of hydrogen-bond donors (Lipinski definition) is 2. The molecule has 0 spiro atoms. The van der Waals surface area contributed by atoms with E-state index < -0.39 is 0 Å². The molecule has 1 aromatic heterocycles. The number of nitrogens with two attached hydrogens (primary N) is 1. The second-order valence-corrected chi connectivity index (χ2v) is 8.88. The standard InChI is InChI=1S/C25H29ClN4.2ClH/c1-16(2)18-10-13-22-20(15-18)25(29-23-6-4-3-5-21(23)27)30-24(28-22)14-9-17-7-11-19(26)12-8-17;;/h7-16,21,23H,3-6,27H2,1-2H3,(H,28,29,30);2*1H/b14-9+;;. The SMILES string of the molecule is CC(C)c1ccc2nc(/C=C/c3ccc(Cl)cc3)nc(NC3CCCCC3N)c2c1.Cl.Cl. The van der Waals surface area contributed by atoms with Crippen LogP contribution in [0.1, 0.15) is 62.4 Å². The number of anilines is 1. The second kappa shape index (κ2) is 11.9. The van der Waals surface area contributed by atoms with Gasteiger partial charge in [0.1, 0.15) is 5.82 Å². The van der Waals surface area contributed by atoms with E-state index in [1.807, 2.05) is 36.4 Å². The molecular formula is C25H31Cl3N4. The highest BCUT2D eigenvalue weighted by atomic mass is 35.5. The summed E-state index contributed by atoms with van der Waals surface area (Å²) < 4.78 is 0. The highest BCUT2D eigenvalue weighted by molar-refractivity contribution is 6.30. The van der Waals surface area contributed by atoms with E-state index >= 15 is 0 Å². The molecule has 3 N–H and O–H groups in total. The summed E-state index contributed by atoms with van der Waals surface area (Å²) in [5, 5.41) is 5.44. The summed E-state index contributed by atoms with van der Waals surface area (Å²) in [6.07, 6.45) is 8.50. The van der Waals surface area contributed by atoms with Crippen LogP contribution in [-0.2, 0) is 0 Å². The van der Waals surface area contributed by atoms with Crippen molar-refractivity contribution in [1.29, 1.82) is 0 Å². The zero-order chi connectivity index (χ0) is 21.1. The molecule has 1 saturated carbocycles. The monoisotopic (exact) mass is 492 g/mol. The van der Waals surface area contributed by atoms with Crippen LogP contribution in [0, 0.1) is 0 Å². The van der Waals surface area contributed by atoms with Crippen LogP contribution >= 0.6 is 36.4 Å². The van der Waals surface area contributed by atoms with Gasteiger partial charge in [-0.15, -0.1) is 24.8 Å². The number of fused-ring (bicyclic) bond motifs is 1. The Balaban J connectivity index is 0.00000181. The Labute approximate surface area is 207 Å². The third-order valence-electron chi connectivity index (χ3n) is 5.84. The van der Waals surface area contributed by atoms with Crippen molar-refractivity contribution in [3.63, 3.8) is 0 Å². The topological polar surface area (TPSA) is 63.8 Å². The molecule has 3 aromatic rings. The quantitative estimate of drug-likeness (QED) is 0.398. The summed E-state index contributed by atoms with van der Waals surface area (Å²) in [7, 11) is 0. The Kier molecular flexibility index (Phi) is 9.78. The van der Waals surface area contributed by atoms with Gasteiger partial charge in [-0.1, -0.05) is 62.6 Å². The Hall–Kier alpha value is -1.85. The Morgan fingerprint density at radius 1 is 1.00 bits per heavy atom. The van der Waals surface area contributed by atoms with E-state index in [0.717, 1.165) is 40.1 Å². The molecule has 4 nitrogen and oxygen atoms in total. The Bertz CT molecular complexity index is 1050. The molecule has 2 atom stereocenters. The van der Waals surface area contributed by atoms with Crippen LogP contribution in [0.25, 0.3) is 23.1 Å². The van der Waals surface area contributed by atoms with Crippen molar-refractivity contribution in [2.75, 3.05) is 5.32 Å². The first-order valence-electron chi connectivity index (χ1n) is 10.8. The van der Waals surface area contributed by atoms with E-state index in [1.54, 1.807) is 0 Å². The molecule has 172 valence electrons. The number of halogens is 3. The van der Waals surface area contributed by atoms with Crippen molar-refractivity contribution in [1.82, 2.24) is 9.97 Å². The third-order valence-corrected chi connectivity index (χ3v) is 6.09. The molecule has 32 heavy (non-hydrogen) atoms. The first kappa shape index (κ1) is 26.4. The van der Waals surface area contributed by atoms with E-state index in [4.69, 9.17) is 27.3 Å². The van der Waals surface area contributed by atoms with E-state index in [0.29, 0.717) is 11.7 Å². The molecule has 0 radical (unpaired) electrons. The van der Waals surface area contributed by atoms with Gasteiger partial charge in [0.25, 0.3) is 0 Å². The van der Waals surface area contributed by atoms with Gasteiger partial charge in [0.15, 0.2) is 5.82 Å². The molecule has 0 amide bonds. The van der Waals surface area contributed by atoms with Gasteiger partial charge in [-0.3, -0.25) is 0 Å². The summed E-state index contributed by atoms with van der Waals surface area (Å²) in [6.45, 7) is 4.41. The number of aromatic nitrogens is 2. The number of nitrogens with zero attached hydrogens (tertiary/aromatic N) is 2. The van der Waals surface area contributed by atoms with Gasteiger partial charge in [-0.2, -0.15) is 0 Å². The van der Waals surface area contributed by atoms with Crippen molar-refractivity contribution in [2.45, 2.75) is 57.5 Å². The number of benzene rings is 2. The zero-order valence-corrected chi connectivity index (χ0v) is 20.8. The van der Waals surface area contributed by atoms with Crippen LogP contribution in [0.4, 0.5) is 5.82 Å². The first-order chi connectivity index (χ1) is 14.5. The fourth-order valence-electron chi connectivity index (χ4n) is 3.97. The van der Waals surface area contributed by atoms with Crippen molar-refractivity contribution in [3.05, 3.63) is 64.4 Å². The second-order valence-electron chi connectivity index (χ2n) is 8.45. The highest BCUT2D eigenvalue weighted by Crippen LogP contribution is 2.28. The van der Waals surface area contributed by atoms with Crippen molar-refractivity contribution < 1.29 is 0 Å². The largest absolute Gasteiger partial charge is 0.365 e. The van der Waals surface area contributed by atoms with Crippen LogP contribution in [0.3, 0.4) is 0 Å². The lowest BCUT2D eigenvalue weighted by Crippen LogP contribution is -2.42. The number of hydrogen-bond acceptors (Lipinski definition) is 4. The van der Waals surface area contributed by atoms with Crippen LogP contribution in [0.2, 0.25) is 5.02 Å². The summed E-state index contributed by atoms with van der Waals surface area (Å²) in [6, 6.07) is 14.6. The van der Waals surface area contributed by atoms with E-state index in [9.17, 15) is 0 Å². The summed E-state index contributed by atoms with van der Waals surface area (Å²) in [4.78, 5) is 9.66. The molecule has 4 rings (SSSR count). The van der Waals surface area contributed by atoms with Crippen LogP contribution in [-0.4, -0.2) is 22.1 Å². The van der Waals surface area contributed by atoms with E-state index in [1.165, 1.54) is 18.4 Å². The van der Waals surface area contributed by atoms with Gasteiger partial charge in [0, 0.05) is 22.5 Å². The molecule has 0 aliphatic heterocycles. The molecular weight excluding hydrogens is 463 g/mol. The molecule has 1 aliphatic carbocycles. The lowest BCUT2D eigenvalue weighted by molar-refractivity contribution is 0.403. The van der Waals surface area contributed by atoms with Crippen molar-refractivity contribution >= 4 is 65.3 Å². The molecule has 0 saturated heterocycles. The Morgan fingerprint density at radius 3 is 2.41 bits per heavy atom. The lowest BCUT2D eigenvalue weighted by Gasteiger charge is -2.30. The normalized spacial score (nSPS) is 18.4. The average molecular weight is 494 g/mol. The average Bonchev–Trinajstić information content (AvgIpc) is 2.74. The van der Waals surface area contributed by atoms with Gasteiger partial charge in [0.05, 0.1) is 5.52 Å². The molecule has 1 heterocycles. The van der Waals surface area contributed by atoms with Gasteiger partial charge in [0.2, 0.25) is 0 Å². The first-order valence-corrected chi connectivity index (χ1v) is 11.1. The van der Waals surface area contributed by atoms with Crippen LogP contribution in [0.15, 0.2) is 42.5 Å². The van der Waals surface area contributed by atoms with Gasteiger partial charge in [-0.05, 0) is 60.2 Å². The summed E-state index contributed by atoms with van der Waals surface area (Å²) in [5.74, 6) is 2.01. The molecule has 2 unspecified atom stereocenters. The maximum atomic E-state index is 6.40. The molecule has 1 fully saturated rings. The third kappa shape index (κ3) is 6.35. The van der Waals surface area contributed by atoms with Crippen molar-refractivity contribution in [3.8, 4) is 0 Å². The summed E-state index contributed by atoms with van der Waals surface area (Å²) >= 11 is 5.99. The fraction of sp³-hybridized carbons (Fsp3) is 0.360. The zero-order valence-electron chi connectivity index (χ0n) is 18.4. The number of rotatable bonds is 5. The maximum Gasteiger partial charge on any atom is 0.154 e. The van der Waals surface area contributed by atoms with E-state index in [-0.39, 0.29) is 36.9 Å². The fourth-order valence-corrected chi connectivity index (χ4v) is 4.09. The lowest BCUT2D eigenvalue weighted by atomic mass is 9.91. The molecule has 7 heteroatoms. The predicted octanol–water partition coefficient (Wildman–Crippen LogP) is 7.10. The maximum absolute atomic E-state index is 6.40. The van der Waals surface area contributed by atoms with Gasteiger partial charge < -0.3 is 11.1 Å². The van der Waals surface area contributed by atoms with Crippen molar-refractivity contribution in [2.24, 2.45) is 5.73 Å².